The molecule has 1 N–H and O–H groups in total. The van der Waals surface area contributed by atoms with Crippen molar-refractivity contribution < 1.29 is 19.0 Å². The molecule has 1 amide bonds. The molecule has 0 spiro atoms. The summed E-state index contributed by atoms with van der Waals surface area (Å²) in [7, 11) is 1.61. The Morgan fingerprint density at radius 2 is 1.82 bits per heavy atom. The van der Waals surface area contributed by atoms with Crippen LogP contribution in [0.2, 0.25) is 5.02 Å². The zero-order valence-corrected chi connectivity index (χ0v) is 18.9. The molecule has 0 aliphatic rings. The van der Waals surface area contributed by atoms with E-state index in [4.69, 9.17) is 25.8 Å². The highest BCUT2D eigenvalue weighted by molar-refractivity contribution is 6.31. The number of ether oxygens (including phenoxy) is 3. The number of hydrogen-bond acceptors (Lipinski definition) is 7. The van der Waals surface area contributed by atoms with Gasteiger partial charge < -0.3 is 19.5 Å². The second kappa shape index (κ2) is 10.2. The van der Waals surface area contributed by atoms with Crippen LogP contribution in [0, 0.1) is 6.92 Å². The molecule has 33 heavy (non-hydrogen) atoms. The molecule has 2 aromatic heterocycles. The number of rotatable bonds is 9. The smallest absolute Gasteiger partial charge is 0.258 e. The third kappa shape index (κ3) is 5.50. The Morgan fingerprint density at radius 3 is 2.58 bits per heavy atom. The number of methoxy groups -OCH3 is 1. The SMILES string of the molecule is COc1ccc(-c2nnc3ccc(OCCNC(=O)COc4ccc(Cl)c(C)c4)nn23)cc1. The van der Waals surface area contributed by atoms with Crippen LogP contribution in [0.1, 0.15) is 5.56 Å². The highest BCUT2D eigenvalue weighted by Gasteiger charge is 2.11. The van der Waals surface area contributed by atoms with Crippen molar-refractivity contribution >= 4 is 23.2 Å². The first-order chi connectivity index (χ1) is 16.0. The number of amides is 1. The van der Waals surface area contributed by atoms with Crippen molar-refractivity contribution in [1.29, 1.82) is 0 Å². The number of fused-ring (bicyclic) bond motifs is 1. The second-order valence-corrected chi connectivity index (χ2v) is 7.50. The first kappa shape index (κ1) is 22.3. The summed E-state index contributed by atoms with van der Waals surface area (Å²) in [6.45, 7) is 2.31. The van der Waals surface area contributed by atoms with Gasteiger partial charge in [-0.05, 0) is 61.0 Å². The zero-order chi connectivity index (χ0) is 23.2. The molecule has 170 valence electrons. The number of halogens is 1. The summed E-state index contributed by atoms with van der Waals surface area (Å²) in [5.41, 5.74) is 2.32. The molecule has 4 rings (SSSR count). The first-order valence-electron chi connectivity index (χ1n) is 10.2. The van der Waals surface area contributed by atoms with Gasteiger partial charge in [0.05, 0.1) is 13.7 Å². The fraction of sp³-hybridized carbons (Fsp3) is 0.217. The van der Waals surface area contributed by atoms with Gasteiger partial charge in [-0.1, -0.05) is 11.6 Å². The summed E-state index contributed by atoms with van der Waals surface area (Å²) in [6, 6.07) is 16.2. The monoisotopic (exact) mass is 467 g/mol. The van der Waals surface area contributed by atoms with Gasteiger partial charge in [-0.2, -0.15) is 4.52 Å². The standard InChI is InChI=1S/C23H22ClN5O4/c1-15-13-18(7-8-19(15)24)33-14-21(30)25-11-12-32-22-10-9-20-26-27-23(29(20)28-22)16-3-5-17(31-2)6-4-16/h3-10,13H,11-12,14H2,1-2H3,(H,25,30). The average molecular weight is 468 g/mol. The molecule has 0 bridgehead atoms. The maximum atomic E-state index is 12.0. The summed E-state index contributed by atoms with van der Waals surface area (Å²) in [5, 5.41) is 16.2. The van der Waals surface area contributed by atoms with Gasteiger partial charge in [0, 0.05) is 16.7 Å². The third-order valence-corrected chi connectivity index (χ3v) is 5.18. The molecular weight excluding hydrogens is 446 g/mol. The molecule has 0 fully saturated rings. The van der Waals surface area contributed by atoms with Gasteiger partial charge in [0.15, 0.2) is 18.1 Å². The van der Waals surface area contributed by atoms with Crippen molar-refractivity contribution in [2.24, 2.45) is 0 Å². The van der Waals surface area contributed by atoms with Gasteiger partial charge in [-0.3, -0.25) is 4.79 Å². The molecule has 0 atom stereocenters. The lowest BCUT2D eigenvalue weighted by atomic mass is 10.2. The van der Waals surface area contributed by atoms with Crippen LogP contribution in [-0.2, 0) is 4.79 Å². The number of hydrogen-bond donors (Lipinski definition) is 1. The number of carbonyl (C=O) groups excluding carboxylic acids is 1. The van der Waals surface area contributed by atoms with E-state index in [0.29, 0.717) is 34.7 Å². The van der Waals surface area contributed by atoms with Crippen LogP contribution in [0.3, 0.4) is 0 Å². The Kier molecular flexibility index (Phi) is 6.89. The highest BCUT2D eigenvalue weighted by Crippen LogP contribution is 2.22. The van der Waals surface area contributed by atoms with E-state index >= 15 is 0 Å². The predicted octanol–water partition coefficient (Wildman–Crippen LogP) is 3.34. The fourth-order valence-electron chi connectivity index (χ4n) is 3.02. The number of aryl methyl sites for hydroxylation is 1. The Bertz CT molecular complexity index is 1260. The van der Waals surface area contributed by atoms with Crippen LogP contribution in [0.4, 0.5) is 0 Å². The topological polar surface area (TPSA) is 99.9 Å². The van der Waals surface area contributed by atoms with Gasteiger partial charge in [0.2, 0.25) is 5.88 Å². The van der Waals surface area contributed by atoms with Crippen LogP contribution < -0.4 is 19.5 Å². The number of nitrogens with zero attached hydrogens (tertiary/aromatic N) is 4. The molecule has 0 radical (unpaired) electrons. The highest BCUT2D eigenvalue weighted by atomic mass is 35.5. The van der Waals surface area contributed by atoms with E-state index in [1.807, 2.05) is 31.2 Å². The molecule has 4 aromatic rings. The number of carbonyl (C=O) groups is 1. The van der Waals surface area contributed by atoms with E-state index in [0.717, 1.165) is 16.9 Å². The minimum absolute atomic E-state index is 0.1000. The Hall–Kier alpha value is -3.85. The Morgan fingerprint density at radius 1 is 1.03 bits per heavy atom. The molecule has 9 nitrogen and oxygen atoms in total. The van der Waals surface area contributed by atoms with Crippen LogP contribution in [0.5, 0.6) is 17.4 Å². The summed E-state index contributed by atoms with van der Waals surface area (Å²) in [5.74, 6) is 2.05. The van der Waals surface area contributed by atoms with E-state index in [2.05, 4.69) is 20.6 Å². The normalized spacial score (nSPS) is 10.8. The number of aromatic nitrogens is 4. The van der Waals surface area contributed by atoms with Crippen molar-refractivity contribution in [1.82, 2.24) is 25.1 Å². The predicted molar refractivity (Wildman–Crippen MR) is 123 cm³/mol. The lowest BCUT2D eigenvalue weighted by Gasteiger charge is -2.09. The molecule has 2 aromatic carbocycles. The summed E-state index contributed by atoms with van der Waals surface area (Å²) >= 11 is 5.99. The van der Waals surface area contributed by atoms with Crippen molar-refractivity contribution in [3.05, 3.63) is 65.2 Å². The summed E-state index contributed by atoms with van der Waals surface area (Å²) in [6.07, 6.45) is 0. The van der Waals surface area contributed by atoms with E-state index in [-0.39, 0.29) is 19.1 Å². The molecule has 0 aliphatic carbocycles. The second-order valence-electron chi connectivity index (χ2n) is 7.09. The van der Waals surface area contributed by atoms with Crippen LogP contribution in [0.25, 0.3) is 17.0 Å². The van der Waals surface area contributed by atoms with Crippen LogP contribution in [-0.4, -0.2) is 52.6 Å². The Balaban J connectivity index is 1.29. The van der Waals surface area contributed by atoms with Gasteiger partial charge in [0.1, 0.15) is 18.1 Å². The van der Waals surface area contributed by atoms with Crippen molar-refractivity contribution in [2.75, 3.05) is 26.9 Å². The van der Waals surface area contributed by atoms with Gasteiger partial charge >= 0.3 is 0 Å². The van der Waals surface area contributed by atoms with Gasteiger partial charge in [0.25, 0.3) is 5.91 Å². The lowest BCUT2D eigenvalue weighted by molar-refractivity contribution is -0.123. The van der Waals surface area contributed by atoms with Crippen molar-refractivity contribution in [3.63, 3.8) is 0 Å². The molecule has 2 heterocycles. The van der Waals surface area contributed by atoms with Crippen molar-refractivity contribution in [2.45, 2.75) is 6.92 Å². The number of nitrogens with one attached hydrogen (secondary N) is 1. The molecule has 0 aliphatic heterocycles. The quantitative estimate of drug-likeness (QED) is 0.377. The van der Waals surface area contributed by atoms with E-state index < -0.39 is 0 Å². The van der Waals surface area contributed by atoms with Gasteiger partial charge in [-0.25, -0.2) is 0 Å². The van der Waals surface area contributed by atoms with Crippen LogP contribution in [0.15, 0.2) is 54.6 Å². The lowest BCUT2D eigenvalue weighted by Crippen LogP contribution is -2.32. The maximum Gasteiger partial charge on any atom is 0.258 e. The summed E-state index contributed by atoms with van der Waals surface area (Å²) < 4.78 is 18.0. The van der Waals surface area contributed by atoms with E-state index in [1.165, 1.54) is 0 Å². The largest absolute Gasteiger partial charge is 0.497 e. The third-order valence-electron chi connectivity index (χ3n) is 4.76. The van der Waals surface area contributed by atoms with E-state index in [9.17, 15) is 4.79 Å². The Labute approximate surface area is 195 Å². The fourth-order valence-corrected chi connectivity index (χ4v) is 3.14. The first-order valence-corrected chi connectivity index (χ1v) is 10.6. The average Bonchev–Trinajstić information content (AvgIpc) is 3.26. The molecule has 0 saturated heterocycles. The maximum absolute atomic E-state index is 12.0. The zero-order valence-electron chi connectivity index (χ0n) is 18.1. The minimum atomic E-state index is -0.254. The van der Waals surface area contributed by atoms with E-state index in [1.54, 1.807) is 42.0 Å². The molecule has 0 saturated carbocycles. The minimum Gasteiger partial charge on any atom is -0.497 e. The van der Waals surface area contributed by atoms with Crippen LogP contribution >= 0.6 is 11.6 Å². The number of benzene rings is 2. The summed E-state index contributed by atoms with van der Waals surface area (Å²) in [4.78, 5) is 12.0. The molecule has 0 unspecified atom stereocenters. The van der Waals surface area contributed by atoms with Gasteiger partial charge in [-0.15, -0.1) is 15.3 Å². The molecular formula is C23H22ClN5O4. The van der Waals surface area contributed by atoms with Crippen molar-refractivity contribution in [3.8, 4) is 28.8 Å². The molecule has 10 heteroatoms.